The third-order valence-electron chi connectivity index (χ3n) is 5.16. The average molecular weight is 293 g/mol. The second kappa shape index (κ2) is 6.05. The Hall–Kier alpha value is -0.570. The highest BCUT2D eigenvalue weighted by Gasteiger charge is 2.33. The summed E-state index contributed by atoms with van der Waals surface area (Å²) in [5, 5.41) is 4.70. The van der Waals surface area contributed by atoms with Gasteiger partial charge in [-0.25, -0.2) is 0 Å². The molecule has 3 heteroatoms. The van der Waals surface area contributed by atoms with E-state index in [1.54, 1.807) is 0 Å². The number of benzene rings is 1. The van der Waals surface area contributed by atoms with Crippen molar-refractivity contribution in [1.82, 2.24) is 10.2 Å². The van der Waals surface area contributed by atoms with Gasteiger partial charge in [-0.1, -0.05) is 23.7 Å². The topological polar surface area (TPSA) is 15.3 Å². The Balaban J connectivity index is 1.45. The SMILES string of the molecule is CC1CC(NC2CC(c3ccc(Cl)cc3)C2)CCN1C. The number of rotatable bonds is 3. The van der Waals surface area contributed by atoms with E-state index in [0.717, 1.165) is 23.0 Å². The van der Waals surface area contributed by atoms with Crippen molar-refractivity contribution in [3.63, 3.8) is 0 Å². The summed E-state index contributed by atoms with van der Waals surface area (Å²) in [4.78, 5) is 2.47. The predicted octanol–water partition coefficient (Wildman–Crippen LogP) is 3.66. The lowest BCUT2D eigenvalue weighted by Crippen LogP contribution is -2.51. The van der Waals surface area contributed by atoms with Crippen LogP contribution >= 0.6 is 11.6 Å². The summed E-state index contributed by atoms with van der Waals surface area (Å²) < 4.78 is 0. The van der Waals surface area contributed by atoms with Gasteiger partial charge in [-0.2, -0.15) is 0 Å². The van der Waals surface area contributed by atoms with Crippen molar-refractivity contribution in [2.24, 2.45) is 0 Å². The fourth-order valence-electron chi connectivity index (χ4n) is 3.54. The van der Waals surface area contributed by atoms with E-state index in [1.807, 2.05) is 12.1 Å². The molecular formula is C17H25ClN2. The van der Waals surface area contributed by atoms with Crippen molar-refractivity contribution in [3.8, 4) is 0 Å². The normalized spacial score (nSPS) is 34.8. The van der Waals surface area contributed by atoms with E-state index in [9.17, 15) is 0 Å². The van der Waals surface area contributed by atoms with Crippen LogP contribution in [0.25, 0.3) is 0 Å². The summed E-state index contributed by atoms with van der Waals surface area (Å²) in [7, 11) is 2.24. The minimum atomic E-state index is 0.716. The molecule has 110 valence electrons. The van der Waals surface area contributed by atoms with E-state index in [2.05, 4.69) is 36.3 Å². The lowest BCUT2D eigenvalue weighted by molar-refractivity contribution is 0.147. The molecule has 3 rings (SSSR count). The summed E-state index contributed by atoms with van der Waals surface area (Å²) in [6.07, 6.45) is 5.15. The van der Waals surface area contributed by atoms with Crippen molar-refractivity contribution in [2.45, 2.75) is 56.7 Å². The number of halogens is 1. The monoisotopic (exact) mass is 292 g/mol. The summed E-state index contributed by atoms with van der Waals surface area (Å²) in [6.45, 7) is 3.57. The molecule has 1 saturated carbocycles. The largest absolute Gasteiger partial charge is 0.311 e. The van der Waals surface area contributed by atoms with Crippen LogP contribution in [-0.4, -0.2) is 36.6 Å². The van der Waals surface area contributed by atoms with Crippen LogP contribution in [0.4, 0.5) is 0 Å². The molecule has 2 atom stereocenters. The molecule has 0 aromatic heterocycles. The fraction of sp³-hybridized carbons (Fsp3) is 0.647. The summed E-state index contributed by atoms with van der Waals surface area (Å²) >= 11 is 5.94. The van der Waals surface area contributed by atoms with Crippen LogP contribution in [0, 0.1) is 0 Å². The Morgan fingerprint density at radius 1 is 1.10 bits per heavy atom. The quantitative estimate of drug-likeness (QED) is 0.915. The molecule has 1 aliphatic heterocycles. The maximum absolute atomic E-state index is 5.94. The molecular weight excluding hydrogens is 268 g/mol. The molecule has 2 fully saturated rings. The molecule has 2 nitrogen and oxygen atoms in total. The number of likely N-dealkylation sites (tertiary alicyclic amines) is 1. The number of nitrogens with zero attached hydrogens (tertiary/aromatic N) is 1. The third-order valence-corrected chi connectivity index (χ3v) is 5.41. The van der Waals surface area contributed by atoms with Gasteiger partial charge in [0.25, 0.3) is 0 Å². The van der Waals surface area contributed by atoms with Gasteiger partial charge in [0.2, 0.25) is 0 Å². The molecule has 20 heavy (non-hydrogen) atoms. The van der Waals surface area contributed by atoms with E-state index in [-0.39, 0.29) is 0 Å². The van der Waals surface area contributed by atoms with Crippen molar-refractivity contribution in [3.05, 3.63) is 34.9 Å². The average Bonchev–Trinajstić information content (AvgIpc) is 2.39. The van der Waals surface area contributed by atoms with Gasteiger partial charge < -0.3 is 10.2 Å². The highest BCUT2D eigenvalue weighted by atomic mass is 35.5. The standard InChI is InChI=1S/C17H25ClN2/c1-12-9-16(7-8-20(12)2)19-17-10-14(11-17)13-3-5-15(18)6-4-13/h3-6,12,14,16-17,19H,7-11H2,1-2H3. The number of piperidine rings is 1. The first-order valence-corrected chi connectivity index (χ1v) is 8.21. The minimum absolute atomic E-state index is 0.716. The van der Waals surface area contributed by atoms with Crippen LogP contribution in [0.5, 0.6) is 0 Å². The number of nitrogens with one attached hydrogen (secondary N) is 1. The summed E-state index contributed by atoms with van der Waals surface area (Å²) in [5.74, 6) is 0.730. The molecule has 1 heterocycles. The second-order valence-corrected chi connectivity index (χ2v) is 7.07. The van der Waals surface area contributed by atoms with Gasteiger partial charge in [0.15, 0.2) is 0 Å². The Kier molecular flexibility index (Phi) is 4.34. The maximum Gasteiger partial charge on any atom is 0.0406 e. The van der Waals surface area contributed by atoms with Gasteiger partial charge in [0, 0.05) is 23.1 Å². The van der Waals surface area contributed by atoms with E-state index < -0.39 is 0 Å². The molecule has 1 aliphatic carbocycles. The molecule has 0 radical (unpaired) electrons. The maximum atomic E-state index is 5.94. The summed E-state index contributed by atoms with van der Waals surface area (Å²) in [6, 6.07) is 10.5. The Morgan fingerprint density at radius 3 is 2.45 bits per heavy atom. The highest BCUT2D eigenvalue weighted by molar-refractivity contribution is 6.30. The molecule has 0 amide bonds. The van der Waals surface area contributed by atoms with Gasteiger partial charge >= 0.3 is 0 Å². The molecule has 1 aromatic carbocycles. The first kappa shape index (κ1) is 14.4. The Morgan fingerprint density at radius 2 is 1.80 bits per heavy atom. The Labute approximate surface area is 127 Å². The van der Waals surface area contributed by atoms with Crippen molar-refractivity contribution >= 4 is 11.6 Å². The summed E-state index contributed by atoms with van der Waals surface area (Å²) in [5.41, 5.74) is 1.45. The number of hydrogen-bond donors (Lipinski definition) is 1. The zero-order valence-electron chi connectivity index (χ0n) is 12.5. The smallest absolute Gasteiger partial charge is 0.0406 e. The van der Waals surface area contributed by atoms with Gasteiger partial charge in [-0.3, -0.25) is 0 Å². The van der Waals surface area contributed by atoms with Crippen molar-refractivity contribution in [1.29, 1.82) is 0 Å². The van der Waals surface area contributed by atoms with Crippen molar-refractivity contribution < 1.29 is 0 Å². The van der Waals surface area contributed by atoms with Crippen LogP contribution in [0.1, 0.15) is 44.1 Å². The molecule has 1 saturated heterocycles. The molecule has 2 aliphatic rings. The molecule has 2 unspecified atom stereocenters. The van der Waals surface area contributed by atoms with Crippen LogP contribution in [0.2, 0.25) is 5.02 Å². The van der Waals surface area contributed by atoms with Gasteiger partial charge in [0.1, 0.15) is 0 Å². The fourth-order valence-corrected chi connectivity index (χ4v) is 3.66. The molecule has 1 N–H and O–H groups in total. The van der Waals surface area contributed by atoms with Gasteiger partial charge in [-0.05, 0) is 69.8 Å². The lowest BCUT2D eigenvalue weighted by Gasteiger charge is -2.42. The van der Waals surface area contributed by atoms with Crippen LogP contribution in [-0.2, 0) is 0 Å². The number of hydrogen-bond acceptors (Lipinski definition) is 2. The zero-order chi connectivity index (χ0) is 14.1. The predicted molar refractivity (Wildman–Crippen MR) is 85.5 cm³/mol. The zero-order valence-corrected chi connectivity index (χ0v) is 13.2. The van der Waals surface area contributed by atoms with Gasteiger partial charge in [-0.15, -0.1) is 0 Å². The van der Waals surface area contributed by atoms with E-state index >= 15 is 0 Å². The van der Waals surface area contributed by atoms with E-state index in [1.165, 1.54) is 37.8 Å². The molecule has 0 spiro atoms. The first-order valence-electron chi connectivity index (χ1n) is 7.83. The highest BCUT2D eigenvalue weighted by Crippen LogP contribution is 2.37. The second-order valence-electron chi connectivity index (χ2n) is 6.63. The first-order chi connectivity index (χ1) is 9.61. The van der Waals surface area contributed by atoms with Crippen LogP contribution in [0.15, 0.2) is 24.3 Å². The van der Waals surface area contributed by atoms with Crippen molar-refractivity contribution in [2.75, 3.05) is 13.6 Å². The van der Waals surface area contributed by atoms with E-state index in [0.29, 0.717) is 6.04 Å². The third kappa shape index (κ3) is 3.19. The Bertz CT molecular complexity index is 439. The van der Waals surface area contributed by atoms with Gasteiger partial charge in [0.05, 0.1) is 0 Å². The molecule has 1 aromatic rings. The molecule has 0 bridgehead atoms. The minimum Gasteiger partial charge on any atom is -0.311 e. The van der Waals surface area contributed by atoms with Crippen LogP contribution in [0.3, 0.4) is 0 Å². The lowest BCUT2D eigenvalue weighted by atomic mass is 9.75. The van der Waals surface area contributed by atoms with E-state index in [4.69, 9.17) is 11.6 Å². The van der Waals surface area contributed by atoms with Crippen LogP contribution < -0.4 is 5.32 Å².